The van der Waals surface area contributed by atoms with E-state index in [-0.39, 0.29) is 15.5 Å². The molecule has 0 heterocycles. The van der Waals surface area contributed by atoms with Gasteiger partial charge < -0.3 is 9.80 Å². The van der Waals surface area contributed by atoms with E-state index >= 15 is 0 Å². The largest absolute Gasteiger partial charge is 0.310 e. The number of hydrogen-bond donors (Lipinski definition) is 0. The SMILES string of the molecule is CC(C)(C)c1ccc(N(c2ccccc2)c2cc3c(c4ccccc24)-c2c(cc(N(c4ccccc4)c4ccc(C(C)(C)C)cc4)c4ccccc24)C3([Si](C)(C)C)[Si](C)(C)C)cc1. The number of hydrogen-bond acceptors (Lipinski definition) is 2. The van der Waals surface area contributed by atoms with Gasteiger partial charge in [-0.15, -0.1) is 0 Å². The molecule has 1 aliphatic rings. The first kappa shape index (κ1) is 42.6. The zero-order valence-electron chi connectivity index (χ0n) is 39.6. The Bertz CT molecular complexity index is 2750. The molecule has 1 aliphatic carbocycles. The summed E-state index contributed by atoms with van der Waals surface area (Å²) in [5, 5.41) is 5.19. The summed E-state index contributed by atoms with van der Waals surface area (Å²) in [7, 11) is -4.30. The van der Waals surface area contributed by atoms with Crippen LogP contribution in [0, 0.1) is 0 Å². The van der Waals surface area contributed by atoms with Crippen molar-refractivity contribution in [2.45, 2.75) is 96.3 Å². The zero-order chi connectivity index (χ0) is 44.7. The molecule has 0 N–H and O–H groups in total. The molecule has 2 nitrogen and oxygen atoms in total. The second kappa shape index (κ2) is 15.2. The normalized spacial score (nSPS) is 13.8. The van der Waals surface area contributed by atoms with E-state index in [9.17, 15) is 0 Å². The van der Waals surface area contributed by atoms with Crippen molar-refractivity contribution in [2.75, 3.05) is 9.80 Å². The average Bonchev–Trinajstić information content (AvgIpc) is 3.57. The highest BCUT2D eigenvalue weighted by Gasteiger charge is 2.60. The quantitative estimate of drug-likeness (QED) is 0.141. The van der Waals surface area contributed by atoms with Crippen molar-refractivity contribution < 1.29 is 0 Å². The van der Waals surface area contributed by atoms with Gasteiger partial charge in [0.25, 0.3) is 0 Å². The summed E-state index contributed by atoms with van der Waals surface area (Å²) in [4.78, 5) is 5.05. The van der Waals surface area contributed by atoms with Crippen LogP contribution in [0.4, 0.5) is 34.1 Å². The van der Waals surface area contributed by atoms with Crippen LogP contribution >= 0.6 is 0 Å². The first-order chi connectivity index (χ1) is 29.8. The summed E-state index contributed by atoms with van der Waals surface area (Å²) in [6.45, 7) is 29.7. The lowest BCUT2D eigenvalue weighted by atomic mass is 9.87. The van der Waals surface area contributed by atoms with Crippen molar-refractivity contribution in [2.24, 2.45) is 0 Å². The number of nitrogens with zero attached hydrogens (tertiary/aromatic N) is 2. The van der Waals surface area contributed by atoms with Gasteiger partial charge in [-0.2, -0.15) is 0 Å². The summed E-state index contributed by atoms with van der Waals surface area (Å²) in [5.41, 5.74) is 15.8. The van der Waals surface area contributed by atoms with Gasteiger partial charge in [0, 0.05) is 38.2 Å². The molecule has 318 valence electrons. The van der Waals surface area contributed by atoms with Crippen molar-refractivity contribution in [3.63, 3.8) is 0 Å². The van der Waals surface area contributed by atoms with E-state index in [1.807, 2.05) is 0 Å². The van der Waals surface area contributed by atoms with Crippen LogP contribution in [-0.2, 0) is 15.5 Å². The van der Waals surface area contributed by atoms with Crippen molar-refractivity contribution in [3.05, 3.63) is 192 Å². The first-order valence-corrected chi connectivity index (χ1v) is 29.9. The van der Waals surface area contributed by atoms with Gasteiger partial charge in [0.1, 0.15) is 0 Å². The van der Waals surface area contributed by atoms with Crippen LogP contribution < -0.4 is 9.80 Å². The van der Waals surface area contributed by atoms with E-state index in [4.69, 9.17) is 0 Å². The molecule has 63 heavy (non-hydrogen) atoms. The maximum Gasteiger partial charge on any atom is 0.0579 e. The van der Waals surface area contributed by atoms with E-state index in [2.05, 4.69) is 260 Å². The average molecular weight is 857 g/mol. The van der Waals surface area contributed by atoms with Gasteiger partial charge in [0.2, 0.25) is 0 Å². The van der Waals surface area contributed by atoms with Crippen LogP contribution in [0.2, 0.25) is 39.3 Å². The molecule has 0 fully saturated rings. The number of para-hydroxylation sites is 2. The molecule has 0 atom stereocenters. The van der Waals surface area contributed by atoms with E-state index in [1.165, 1.54) is 77.7 Å². The highest BCUT2D eigenvalue weighted by Crippen LogP contribution is 2.63. The molecule has 0 bridgehead atoms. The molecular weight excluding hydrogens is 793 g/mol. The summed E-state index contributed by atoms with van der Waals surface area (Å²) < 4.78 is -0.140. The minimum atomic E-state index is -2.15. The Kier molecular flexibility index (Phi) is 10.3. The predicted molar refractivity (Wildman–Crippen MR) is 281 cm³/mol. The van der Waals surface area contributed by atoms with E-state index in [0.717, 1.165) is 11.4 Å². The molecule has 0 amide bonds. The Labute approximate surface area is 379 Å². The van der Waals surface area contributed by atoms with Crippen molar-refractivity contribution >= 4 is 71.8 Å². The second-order valence-corrected chi connectivity index (χ2v) is 32.9. The summed E-state index contributed by atoms with van der Waals surface area (Å²) in [6.07, 6.45) is 0. The second-order valence-electron chi connectivity index (χ2n) is 21.9. The van der Waals surface area contributed by atoms with E-state index in [1.54, 1.807) is 0 Å². The van der Waals surface area contributed by atoms with E-state index in [0.29, 0.717) is 0 Å². The Morgan fingerprint density at radius 3 is 0.937 bits per heavy atom. The first-order valence-electron chi connectivity index (χ1n) is 22.9. The van der Waals surface area contributed by atoms with Gasteiger partial charge in [-0.3, -0.25) is 0 Å². The third kappa shape index (κ3) is 6.98. The summed E-state index contributed by atoms with van der Waals surface area (Å²) >= 11 is 0. The van der Waals surface area contributed by atoms with E-state index < -0.39 is 16.1 Å². The molecule has 0 spiro atoms. The maximum absolute atomic E-state index is 2.66. The molecule has 0 saturated carbocycles. The zero-order valence-corrected chi connectivity index (χ0v) is 41.6. The molecule has 9 rings (SSSR count). The van der Waals surface area contributed by atoms with Crippen molar-refractivity contribution in [1.82, 2.24) is 0 Å². The third-order valence-corrected chi connectivity index (χ3v) is 23.9. The molecule has 0 aromatic heterocycles. The summed E-state index contributed by atoms with van der Waals surface area (Å²) in [5.74, 6) is 0. The van der Waals surface area contributed by atoms with Gasteiger partial charge in [-0.1, -0.05) is 190 Å². The number of rotatable bonds is 8. The topological polar surface area (TPSA) is 6.48 Å². The summed E-state index contributed by atoms with van der Waals surface area (Å²) in [6, 6.07) is 64.5. The lowest BCUT2D eigenvalue weighted by molar-refractivity contribution is 0.590. The predicted octanol–water partition coefficient (Wildman–Crippen LogP) is 17.5. The van der Waals surface area contributed by atoms with Gasteiger partial charge in [-0.25, -0.2) is 0 Å². The molecule has 0 aliphatic heterocycles. The Hall–Kier alpha value is -5.69. The molecule has 0 saturated heterocycles. The van der Waals surface area contributed by atoms with Gasteiger partial charge in [-0.05, 0) is 116 Å². The maximum atomic E-state index is 2.66. The molecular formula is C59H64N2Si2. The fourth-order valence-corrected chi connectivity index (χ4v) is 24.3. The minimum Gasteiger partial charge on any atom is -0.310 e. The van der Waals surface area contributed by atoms with Crippen LogP contribution in [0.5, 0.6) is 0 Å². The standard InChI is InChI=1S/C59H64N2Si2/c1-57(2,3)41-31-35-45(36-32-41)60(43-23-15-13-16-24-43)53-39-51-55(49-29-21-19-27-47(49)53)56-50-30-22-20-28-48(50)54(40-52(56)59(51,62(7,8)9)63(10,11)12)61(44-25-17-14-18-26-44)46-37-33-42(34-38-46)58(4,5)6/h13-40H,1-12H3. The number of anilines is 6. The fourth-order valence-electron chi connectivity index (χ4n) is 11.3. The molecule has 8 aromatic rings. The van der Waals surface area contributed by atoms with Crippen LogP contribution in [-0.4, -0.2) is 16.1 Å². The monoisotopic (exact) mass is 856 g/mol. The molecule has 4 heteroatoms. The lowest BCUT2D eigenvalue weighted by Crippen LogP contribution is -2.63. The molecule has 8 aromatic carbocycles. The van der Waals surface area contributed by atoms with Crippen LogP contribution in [0.3, 0.4) is 0 Å². The smallest absolute Gasteiger partial charge is 0.0579 e. The number of benzene rings is 8. The van der Waals surface area contributed by atoms with Crippen molar-refractivity contribution in [1.29, 1.82) is 0 Å². The van der Waals surface area contributed by atoms with Crippen LogP contribution in [0.15, 0.2) is 170 Å². The lowest BCUT2D eigenvalue weighted by Gasteiger charge is -2.51. The Morgan fingerprint density at radius 2 is 0.635 bits per heavy atom. The molecule has 0 radical (unpaired) electrons. The van der Waals surface area contributed by atoms with Crippen LogP contribution in [0.1, 0.15) is 63.8 Å². The van der Waals surface area contributed by atoms with Gasteiger partial charge >= 0.3 is 0 Å². The van der Waals surface area contributed by atoms with Crippen LogP contribution in [0.25, 0.3) is 32.7 Å². The third-order valence-electron chi connectivity index (χ3n) is 13.8. The highest BCUT2D eigenvalue weighted by molar-refractivity contribution is 7.00. The van der Waals surface area contributed by atoms with Gasteiger partial charge in [0.15, 0.2) is 0 Å². The Balaban J connectivity index is 1.41. The Morgan fingerprint density at radius 1 is 0.349 bits per heavy atom. The van der Waals surface area contributed by atoms with Gasteiger partial charge in [0.05, 0.1) is 27.5 Å². The minimum absolute atomic E-state index is 0.0595. The van der Waals surface area contributed by atoms with Crippen molar-refractivity contribution in [3.8, 4) is 11.1 Å². The highest BCUT2D eigenvalue weighted by atomic mass is 28.4. The molecule has 0 unspecified atom stereocenters. The fraction of sp³-hybridized carbons (Fsp3) is 0.254. The number of fused-ring (bicyclic) bond motifs is 7.